The fraction of sp³-hybridized carbons (Fsp3) is 0.0455. The monoisotopic (exact) mass is 515 g/mol. The first-order valence-corrected chi connectivity index (χ1v) is 10.3. The molecular formula is C22H18IN3O2S. The number of hydrogen-bond donors (Lipinski definition) is 3. The van der Waals surface area contributed by atoms with Gasteiger partial charge in [0.1, 0.15) is 0 Å². The lowest BCUT2D eigenvalue weighted by Crippen LogP contribution is -2.34. The summed E-state index contributed by atoms with van der Waals surface area (Å²) < 4.78 is 0.960. The summed E-state index contributed by atoms with van der Waals surface area (Å²) in [5.41, 5.74) is 3.39. The number of hydrogen-bond acceptors (Lipinski definition) is 3. The molecule has 0 unspecified atom stereocenters. The van der Waals surface area contributed by atoms with Crippen LogP contribution < -0.4 is 16.0 Å². The van der Waals surface area contributed by atoms with Gasteiger partial charge in [-0.05, 0) is 95.8 Å². The topological polar surface area (TPSA) is 70.2 Å². The lowest BCUT2D eigenvalue weighted by Gasteiger charge is -2.11. The van der Waals surface area contributed by atoms with Gasteiger partial charge in [-0.15, -0.1) is 0 Å². The highest BCUT2D eigenvalue weighted by Crippen LogP contribution is 2.15. The van der Waals surface area contributed by atoms with E-state index in [-0.39, 0.29) is 16.9 Å². The first kappa shape index (κ1) is 20.9. The predicted octanol–water partition coefficient (Wildman–Crippen LogP) is 4.98. The molecule has 3 N–H and O–H groups in total. The first-order valence-electron chi connectivity index (χ1n) is 8.77. The van der Waals surface area contributed by atoms with Gasteiger partial charge in [-0.2, -0.15) is 0 Å². The van der Waals surface area contributed by atoms with Crippen LogP contribution in [0.2, 0.25) is 0 Å². The predicted molar refractivity (Wildman–Crippen MR) is 128 cm³/mol. The lowest BCUT2D eigenvalue weighted by atomic mass is 10.1. The quantitative estimate of drug-likeness (QED) is 0.339. The highest BCUT2D eigenvalue weighted by molar-refractivity contribution is 14.1. The van der Waals surface area contributed by atoms with Crippen molar-refractivity contribution in [2.24, 2.45) is 0 Å². The van der Waals surface area contributed by atoms with Crippen LogP contribution in [0.3, 0.4) is 0 Å². The molecule has 0 radical (unpaired) electrons. The van der Waals surface area contributed by atoms with Gasteiger partial charge in [-0.1, -0.05) is 24.3 Å². The zero-order valence-corrected chi connectivity index (χ0v) is 18.5. The maximum Gasteiger partial charge on any atom is 0.257 e. The maximum absolute atomic E-state index is 12.5. The molecule has 3 rings (SSSR count). The van der Waals surface area contributed by atoms with Crippen LogP contribution in [-0.2, 0) is 0 Å². The van der Waals surface area contributed by atoms with E-state index in [1.165, 1.54) is 0 Å². The van der Waals surface area contributed by atoms with Crippen molar-refractivity contribution in [2.45, 2.75) is 6.92 Å². The molecule has 146 valence electrons. The van der Waals surface area contributed by atoms with E-state index in [1.54, 1.807) is 36.4 Å². The Morgan fingerprint density at radius 3 is 2.10 bits per heavy atom. The smallest absolute Gasteiger partial charge is 0.257 e. The van der Waals surface area contributed by atoms with Crippen molar-refractivity contribution in [3.8, 4) is 0 Å². The van der Waals surface area contributed by atoms with Gasteiger partial charge in [0.2, 0.25) is 0 Å². The summed E-state index contributed by atoms with van der Waals surface area (Å²) in [5, 5.41) is 8.61. The van der Waals surface area contributed by atoms with Crippen molar-refractivity contribution >= 4 is 63.1 Å². The Balaban J connectivity index is 1.63. The van der Waals surface area contributed by atoms with Gasteiger partial charge in [-0.3, -0.25) is 14.9 Å². The van der Waals surface area contributed by atoms with Gasteiger partial charge < -0.3 is 10.6 Å². The SMILES string of the molecule is Cc1cccc(NC(=O)c2cccc(NC(=S)NC(=O)c3cccc(I)c3)c2)c1. The Hall–Kier alpha value is -2.78. The van der Waals surface area contributed by atoms with Gasteiger partial charge >= 0.3 is 0 Å². The Morgan fingerprint density at radius 1 is 0.793 bits per heavy atom. The molecule has 0 spiro atoms. The number of aryl methyl sites for hydroxylation is 1. The zero-order valence-electron chi connectivity index (χ0n) is 15.5. The van der Waals surface area contributed by atoms with Crippen LogP contribution in [-0.4, -0.2) is 16.9 Å². The van der Waals surface area contributed by atoms with Crippen molar-refractivity contribution in [3.05, 3.63) is 93.1 Å². The summed E-state index contributed by atoms with van der Waals surface area (Å²) >= 11 is 7.37. The van der Waals surface area contributed by atoms with Crippen molar-refractivity contribution in [1.82, 2.24) is 5.32 Å². The molecular weight excluding hydrogens is 497 g/mol. The number of rotatable bonds is 4. The van der Waals surface area contributed by atoms with E-state index in [0.29, 0.717) is 16.8 Å². The molecule has 0 fully saturated rings. The Bertz CT molecular complexity index is 1080. The summed E-state index contributed by atoms with van der Waals surface area (Å²) in [6.45, 7) is 1.96. The third-order valence-electron chi connectivity index (χ3n) is 3.97. The highest BCUT2D eigenvalue weighted by Gasteiger charge is 2.10. The Morgan fingerprint density at radius 2 is 1.41 bits per heavy atom. The van der Waals surface area contributed by atoms with Crippen LogP contribution in [0, 0.1) is 10.5 Å². The Kier molecular flexibility index (Phi) is 6.95. The van der Waals surface area contributed by atoms with Gasteiger partial charge in [0.05, 0.1) is 0 Å². The zero-order chi connectivity index (χ0) is 20.8. The highest BCUT2D eigenvalue weighted by atomic mass is 127. The Labute approximate surface area is 188 Å². The molecule has 0 aliphatic heterocycles. The molecule has 5 nitrogen and oxygen atoms in total. The lowest BCUT2D eigenvalue weighted by molar-refractivity contribution is 0.0976. The number of thiocarbonyl (C=S) groups is 1. The van der Waals surface area contributed by atoms with Crippen LogP contribution in [0.5, 0.6) is 0 Å². The molecule has 3 aromatic rings. The van der Waals surface area contributed by atoms with E-state index < -0.39 is 0 Å². The van der Waals surface area contributed by atoms with Crippen molar-refractivity contribution in [1.29, 1.82) is 0 Å². The maximum atomic E-state index is 12.5. The second kappa shape index (κ2) is 9.62. The molecule has 3 aromatic carbocycles. The average Bonchev–Trinajstić information content (AvgIpc) is 2.68. The van der Waals surface area contributed by atoms with Gasteiger partial charge in [0, 0.05) is 26.1 Å². The first-order chi connectivity index (χ1) is 13.9. The molecule has 0 aliphatic carbocycles. The van der Waals surface area contributed by atoms with Gasteiger partial charge in [0.25, 0.3) is 11.8 Å². The number of halogens is 1. The minimum atomic E-state index is -0.297. The molecule has 0 heterocycles. The summed E-state index contributed by atoms with van der Waals surface area (Å²) in [5.74, 6) is -0.526. The molecule has 2 amide bonds. The fourth-order valence-electron chi connectivity index (χ4n) is 2.63. The summed E-state index contributed by atoms with van der Waals surface area (Å²) in [7, 11) is 0. The number of benzene rings is 3. The van der Waals surface area contributed by atoms with Gasteiger partial charge in [0.15, 0.2) is 5.11 Å². The number of carbonyl (C=O) groups excluding carboxylic acids is 2. The number of carbonyl (C=O) groups is 2. The summed E-state index contributed by atoms with van der Waals surface area (Å²) in [6, 6.07) is 21.7. The normalized spacial score (nSPS) is 10.1. The number of amides is 2. The van der Waals surface area contributed by atoms with Crippen molar-refractivity contribution in [2.75, 3.05) is 10.6 Å². The molecule has 0 aromatic heterocycles. The van der Waals surface area contributed by atoms with Crippen LogP contribution >= 0.6 is 34.8 Å². The number of anilines is 2. The second-order valence-corrected chi connectivity index (χ2v) is 7.98. The van der Waals surface area contributed by atoms with Crippen LogP contribution in [0.4, 0.5) is 11.4 Å². The van der Waals surface area contributed by atoms with Crippen molar-refractivity contribution < 1.29 is 9.59 Å². The third-order valence-corrected chi connectivity index (χ3v) is 4.85. The van der Waals surface area contributed by atoms with Crippen molar-refractivity contribution in [3.63, 3.8) is 0 Å². The van der Waals surface area contributed by atoms with Crippen LogP contribution in [0.25, 0.3) is 0 Å². The minimum Gasteiger partial charge on any atom is -0.332 e. The molecule has 29 heavy (non-hydrogen) atoms. The van der Waals surface area contributed by atoms with E-state index in [2.05, 4.69) is 38.5 Å². The van der Waals surface area contributed by atoms with Gasteiger partial charge in [-0.25, -0.2) is 0 Å². The standard InChI is InChI=1S/C22H18IN3O2S/c1-14-5-2-9-18(11-14)24-20(27)16-7-4-10-19(13-16)25-22(29)26-21(28)15-6-3-8-17(23)12-15/h2-13H,1H3,(H,24,27)(H2,25,26,28,29). The summed E-state index contributed by atoms with van der Waals surface area (Å²) in [4.78, 5) is 24.8. The van der Waals surface area contributed by atoms with E-state index in [1.807, 2.05) is 43.3 Å². The average molecular weight is 515 g/mol. The molecule has 0 bridgehead atoms. The summed E-state index contributed by atoms with van der Waals surface area (Å²) in [6.07, 6.45) is 0. The fourth-order valence-corrected chi connectivity index (χ4v) is 3.39. The third kappa shape index (κ3) is 6.10. The van der Waals surface area contributed by atoms with Crippen LogP contribution in [0.1, 0.15) is 26.3 Å². The second-order valence-electron chi connectivity index (χ2n) is 6.32. The molecule has 0 aliphatic rings. The molecule has 0 saturated carbocycles. The van der Waals surface area contributed by atoms with E-state index in [0.717, 1.165) is 14.8 Å². The molecule has 7 heteroatoms. The largest absolute Gasteiger partial charge is 0.332 e. The minimum absolute atomic E-state index is 0.158. The van der Waals surface area contributed by atoms with E-state index >= 15 is 0 Å². The van der Waals surface area contributed by atoms with Crippen LogP contribution in [0.15, 0.2) is 72.8 Å². The van der Waals surface area contributed by atoms with E-state index in [4.69, 9.17) is 12.2 Å². The molecule has 0 saturated heterocycles. The van der Waals surface area contributed by atoms with E-state index in [9.17, 15) is 9.59 Å². The molecule has 0 atom stereocenters. The number of nitrogens with one attached hydrogen (secondary N) is 3.